The van der Waals surface area contributed by atoms with Crippen LogP contribution in [0.25, 0.3) is 0 Å². The summed E-state index contributed by atoms with van der Waals surface area (Å²) in [4.78, 5) is 0. The van der Waals surface area contributed by atoms with E-state index in [9.17, 15) is 0 Å². The van der Waals surface area contributed by atoms with E-state index in [2.05, 4.69) is 17.5 Å². The predicted octanol–water partition coefficient (Wildman–Crippen LogP) is 2.66. The van der Waals surface area contributed by atoms with Crippen LogP contribution in [0.3, 0.4) is 0 Å². The van der Waals surface area contributed by atoms with Gasteiger partial charge in [-0.25, -0.2) is 0 Å². The number of rotatable bonds is 2. The molecule has 2 atom stereocenters. The first kappa shape index (κ1) is 10.5. The Balaban J connectivity index is 2.09. The molecular formula is C13H13N3. The zero-order valence-corrected chi connectivity index (χ0v) is 8.98. The molecule has 80 valence electrons. The minimum atomic E-state index is 0.103. The topological polar surface area (TPSA) is 59.6 Å². The Labute approximate surface area is 95.3 Å². The van der Waals surface area contributed by atoms with Crippen molar-refractivity contribution >= 4 is 5.69 Å². The van der Waals surface area contributed by atoms with Crippen molar-refractivity contribution in [1.29, 1.82) is 10.5 Å². The van der Waals surface area contributed by atoms with Gasteiger partial charge >= 0.3 is 0 Å². The molecule has 1 aromatic carbocycles. The highest BCUT2D eigenvalue weighted by molar-refractivity contribution is 5.50. The molecule has 0 spiro atoms. The van der Waals surface area contributed by atoms with Crippen molar-refractivity contribution in [3.8, 4) is 12.1 Å². The fourth-order valence-electron chi connectivity index (χ4n) is 2.18. The standard InChI is InChI=1S/C13H13N3/c14-8-10-3-1-5-12(7-10)16-13-6-2-4-11(13)9-15/h1,3,5,7,11,13,16H,2,4,6H2. The van der Waals surface area contributed by atoms with Gasteiger partial charge in [0.05, 0.1) is 23.6 Å². The Morgan fingerprint density at radius 1 is 1.25 bits per heavy atom. The number of nitrogens with zero attached hydrogens (tertiary/aromatic N) is 2. The molecule has 0 saturated heterocycles. The van der Waals surface area contributed by atoms with Gasteiger partial charge in [0.25, 0.3) is 0 Å². The second kappa shape index (κ2) is 4.68. The third-order valence-electron chi connectivity index (χ3n) is 3.03. The van der Waals surface area contributed by atoms with Gasteiger partial charge in [-0.1, -0.05) is 6.07 Å². The molecule has 1 N–H and O–H groups in total. The Hall–Kier alpha value is -2.00. The molecule has 16 heavy (non-hydrogen) atoms. The highest BCUT2D eigenvalue weighted by Gasteiger charge is 2.26. The van der Waals surface area contributed by atoms with E-state index in [1.807, 2.05) is 18.2 Å². The van der Waals surface area contributed by atoms with E-state index in [0.29, 0.717) is 5.56 Å². The molecule has 0 aliphatic heterocycles. The van der Waals surface area contributed by atoms with Crippen LogP contribution in [-0.4, -0.2) is 6.04 Å². The molecule has 0 aromatic heterocycles. The lowest BCUT2D eigenvalue weighted by Crippen LogP contribution is -2.22. The monoisotopic (exact) mass is 211 g/mol. The molecule has 3 heteroatoms. The fraction of sp³-hybridized carbons (Fsp3) is 0.385. The van der Waals surface area contributed by atoms with Crippen molar-refractivity contribution in [3.63, 3.8) is 0 Å². The molecule has 0 radical (unpaired) electrons. The highest BCUT2D eigenvalue weighted by Crippen LogP contribution is 2.28. The van der Waals surface area contributed by atoms with Gasteiger partial charge in [-0.05, 0) is 37.5 Å². The molecule has 1 aromatic rings. The summed E-state index contributed by atoms with van der Waals surface area (Å²) in [7, 11) is 0. The average Bonchev–Trinajstić information content (AvgIpc) is 2.76. The zero-order chi connectivity index (χ0) is 11.4. The van der Waals surface area contributed by atoms with E-state index in [1.165, 1.54) is 0 Å². The van der Waals surface area contributed by atoms with E-state index in [0.717, 1.165) is 24.9 Å². The fourth-order valence-corrected chi connectivity index (χ4v) is 2.18. The van der Waals surface area contributed by atoms with Crippen LogP contribution in [0, 0.1) is 28.6 Å². The predicted molar refractivity (Wildman–Crippen MR) is 61.5 cm³/mol. The maximum atomic E-state index is 8.97. The molecule has 0 amide bonds. The van der Waals surface area contributed by atoms with Gasteiger partial charge in [0.15, 0.2) is 0 Å². The molecule has 1 saturated carbocycles. The third-order valence-corrected chi connectivity index (χ3v) is 3.03. The van der Waals surface area contributed by atoms with Crippen LogP contribution in [0.5, 0.6) is 0 Å². The minimum Gasteiger partial charge on any atom is -0.381 e. The van der Waals surface area contributed by atoms with E-state index < -0.39 is 0 Å². The largest absolute Gasteiger partial charge is 0.381 e. The second-order valence-electron chi connectivity index (χ2n) is 4.11. The van der Waals surface area contributed by atoms with Crippen molar-refractivity contribution in [2.24, 2.45) is 5.92 Å². The quantitative estimate of drug-likeness (QED) is 0.818. The zero-order valence-electron chi connectivity index (χ0n) is 8.98. The first-order chi connectivity index (χ1) is 7.83. The lowest BCUT2D eigenvalue weighted by molar-refractivity contribution is 0.630. The van der Waals surface area contributed by atoms with Gasteiger partial charge in [-0.3, -0.25) is 0 Å². The van der Waals surface area contributed by atoms with Gasteiger partial charge in [-0.2, -0.15) is 10.5 Å². The van der Waals surface area contributed by atoms with Crippen LogP contribution >= 0.6 is 0 Å². The van der Waals surface area contributed by atoms with Gasteiger partial charge in [0.2, 0.25) is 0 Å². The summed E-state index contributed by atoms with van der Waals surface area (Å²) in [6.45, 7) is 0. The van der Waals surface area contributed by atoms with Crippen LogP contribution in [0.4, 0.5) is 5.69 Å². The Kier molecular flexibility index (Phi) is 3.08. The molecule has 1 aliphatic rings. The van der Waals surface area contributed by atoms with Crippen LogP contribution in [0.2, 0.25) is 0 Å². The van der Waals surface area contributed by atoms with E-state index >= 15 is 0 Å². The molecule has 0 heterocycles. The maximum absolute atomic E-state index is 8.97. The minimum absolute atomic E-state index is 0.103. The van der Waals surface area contributed by atoms with Crippen LogP contribution in [0.15, 0.2) is 24.3 Å². The molecule has 2 unspecified atom stereocenters. The van der Waals surface area contributed by atoms with Crippen LogP contribution < -0.4 is 5.32 Å². The Morgan fingerprint density at radius 3 is 2.88 bits per heavy atom. The van der Waals surface area contributed by atoms with Crippen molar-refractivity contribution in [3.05, 3.63) is 29.8 Å². The van der Waals surface area contributed by atoms with Crippen molar-refractivity contribution in [2.45, 2.75) is 25.3 Å². The highest BCUT2D eigenvalue weighted by atomic mass is 14.9. The smallest absolute Gasteiger partial charge is 0.0992 e. The molecule has 1 aliphatic carbocycles. The average molecular weight is 211 g/mol. The van der Waals surface area contributed by atoms with Gasteiger partial charge in [0.1, 0.15) is 0 Å². The summed E-state index contributed by atoms with van der Waals surface area (Å²) in [5, 5.41) is 21.1. The first-order valence-electron chi connectivity index (χ1n) is 5.50. The summed E-state index contributed by atoms with van der Waals surface area (Å²) < 4.78 is 0. The van der Waals surface area contributed by atoms with Gasteiger partial charge in [0, 0.05) is 11.7 Å². The summed E-state index contributed by atoms with van der Waals surface area (Å²) in [6, 6.07) is 12.1. The molecule has 2 rings (SSSR count). The van der Waals surface area contributed by atoms with Crippen molar-refractivity contribution < 1.29 is 0 Å². The number of hydrogen-bond donors (Lipinski definition) is 1. The lowest BCUT2D eigenvalue weighted by Gasteiger charge is -2.16. The van der Waals surface area contributed by atoms with Crippen LogP contribution in [0.1, 0.15) is 24.8 Å². The second-order valence-corrected chi connectivity index (χ2v) is 4.11. The molecule has 3 nitrogen and oxygen atoms in total. The van der Waals surface area contributed by atoms with E-state index in [-0.39, 0.29) is 12.0 Å². The number of nitrogens with one attached hydrogen (secondary N) is 1. The molecule has 0 bridgehead atoms. The number of benzene rings is 1. The van der Waals surface area contributed by atoms with E-state index in [4.69, 9.17) is 10.5 Å². The van der Waals surface area contributed by atoms with Crippen molar-refractivity contribution in [1.82, 2.24) is 0 Å². The van der Waals surface area contributed by atoms with Gasteiger partial charge < -0.3 is 5.32 Å². The molecule has 1 fully saturated rings. The Morgan fingerprint density at radius 2 is 2.12 bits per heavy atom. The van der Waals surface area contributed by atoms with Crippen LogP contribution in [-0.2, 0) is 0 Å². The Bertz CT molecular complexity index is 453. The SMILES string of the molecule is N#Cc1cccc(NC2CCCC2C#N)c1. The summed E-state index contributed by atoms with van der Waals surface area (Å²) in [6.07, 6.45) is 3.12. The maximum Gasteiger partial charge on any atom is 0.0992 e. The summed E-state index contributed by atoms with van der Waals surface area (Å²) in [5.41, 5.74) is 1.59. The third kappa shape index (κ3) is 2.15. The normalized spacial score (nSPS) is 23.4. The number of nitriles is 2. The van der Waals surface area contributed by atoms with E-state index in [1.54, 1.807) is 6.07 Å². The first-order valence-corrected chi connectivity index (χ1v) is 5.50. The number of hydrogen-bond acceptors (Lipinski definition) is 3. The van der Waals surface area contributed by atoms with Gasteiger partial charge in [-0.15, -0.1) is 0 Å². The van der Waals surface area contributed by atoms with Crippen molar-refractivity contribution in [2.75, 3.05) is 5.32 Å². The number of anilines is 1. The lowest BCUT2D eigenvalue weighted by atomic mass is 10.1. The summed E-state index contributed by atoms with van der Waals surface area (Å²) in [5.74, 6) is 0.103. The molecular weight excluding hydrogens is 198 g/mol. The summed E-state index contributed by atoms with van der Waals surface area (Å²) >= 11 is 0.